The van der Waals surface area contributed by atoms with Gasteiger partial charge in [-0.1, -0.05) is 18.7 Å². The van der Waals surface area contributed by atoms with Crippen LogP contribution in [-0.2, 0) is 30.1 Å². The Morgan fingerprint density at radius 1 is 0.906 bits per heavy atom. The number of carbonyl (C=O) groups excluding carboxylic acids is 7. The molecular formula is C43H41F3N10O8. The van der Waals surface area contributed by atoms with Crippen molar-refractivity contribution in [3.63, 3.8) is 0 Å². The van der Waals surface area contributed by atoms with Crippen molar-refractivity contribution < 1.29 is 51.5 Å². The number of methoxy groups -OCH3 is 1. The molecule has 7 rings (SSSR count). The molecule has 4 aromatic rings. The van der Waals surface area contributed by atoms with E-state index in [1.54, 1.807) is 35.2 Å². The molecule has 4 heterocycles. The lowest BCUT2D eigenvalue weighted by molar-refractivity contribution is -0.138. The van der Waals surface area contributed by atoms with Crippen LogP contribution in [-0.4, -0.2) is 100 Å². The van der Waals surface area contributed by atoms with Gasteiger partial charge in [-0.2, -0.15) is 18.2 Å². The highest BCUT2D eigenvalue weighted by Crippen LogP contribution is 2.38. The summed E-state index contributed by atoms with van der Waals surface area (Å²) in [5, 5.41) is 12.9. The number of piperidine rings is 1. The van der Waals surface area contributed by atoms with E-state index in [0.29, 0.717) is 49.5 Å². The Morgan fingerprint density at radius 2 is 1.66 bits per heavy atom. The number of amides is 7. The molecule has 1 aromatic heterocycles. The largest absolute Gasteiger partial charge is 0.494 e. The number of aromatic nitrogens is 2. The average molecular weight is 883 g/mol. The Labute approximate surface area is 363 Å². The summed E-state index contributed by atoms with van der Waals surface area (Å²) in [6.45, 7) is 5.11. The van der Waals surface area contributed by atoms with Gasteiger partial charge in [-0.25, -0.2) is 4.98 Å². The SMILES string of the molecule is C=CC(=O)Nc1cccc(Nc2nc(Nc3ccc(N4CCN(C(=O)CCCC(=O)Nc5cccc6c5C(=O)N(C5CCC(=O)NC5=O)C6=O)CC4)cc3OC)ncc2C(F)(F)F)c1. The molecule has 7 amide bonds. The summed E-state index contributed by atoms with van der Waals surface area (Å²) in [6.07, 6.45) is -2.86. The number of carbonyl (C=O) groups is 7. The minimum Gasteiger partial charge on any atom is -0.494 e. The van der Waals surface area contributed by atoms with Crippen LogP contribution >= 0.6 is 0 Å². The van der Waals surface area contributed by atoms with Gasteiger partial charge in [0, 0.05) is 74.8 Å². The molecule has 3 aromatic carbocycles. The fourth-order valence-electron chi connectivity index (χ4n) is 7.45. The first-order valence-corrected chi connectivity index (χ1v) is 20.0. The molecule has 3 aliphatic rings. The molecule has 0 bridgehead atoms. The summed E-state index contributed by atoms with van der Waals surface area (Å²) < 4.78 is 47.6. The molecule has 18 nitrogen and oxygen atoms in total. The van der Waals surface area contributed by atoms with E-state index >= 15 is 0 Å². The third kappa shape index (κ3) is 9.77. The summed E-state index contributed by atoms with van der Waals surface area (Å²) >= 11 is 0. The zero-order valence-corrected chi connectivity index (χ0v) is 34.2. The molecule has 3 aliphatic heterocycles. The third-order valence-corrected chi connectivity index (χ3v) is 10.6. The van der Waals surface area contributed by atoms with E-state index in [-0.39, 0.29) is 66.5 Å². The first-order chi connectivity index (χ1) is 30.6. The molecule has 2 fully saturated rings. The van der Waals surface area contributed by atoms with Gasteiger partial charge in [0.1, 0.15) is 23.2 Å². The number of hydrogen-bond acceptors (Lipinski definition) is 13. The second-order valence-corrected chi connectivity index (χ2v) is 14.8. The van der Waals surface area contributed by atoms with Crippen molar-refractivity contribution in [2.24, 2.45) is 0 Å². The molecule has 2 saturated heterocycles. The number of halogens is 3. The van der Waals surface area contributed by atoms with E-state index in [0.717, 1.165) is 16.7 Å². The summed E-state index contributed by atoms with van der Waals surface area (Å²) in [6, 6.07) is 14.5. The maximum Gasteiger partial charge on any atom is 0.421 e. The van der Waals surface area contributed by atoms with Crippen molar-refractivity contribution in [2.75, 3.05) is 59.5 Å². The molecule has 0 spiro atoms. The van der Waals surface area contributed by atoms with Gasteiger partial charge in [0.15, 0.2) is 0 Å². The molecule has 0 saturated carbocycles. The van der Waals surface area contributed by atoms with Gasteiger partial charge in [-0.15, -0.1) is 0 Å². The van der Waals surface area contributed by atoms with Crippen LogP contribution in [0.3, 0.4) is 0 Å². The van der Waals surface area contributed by atoms with Gasteiger partial charge < -0.3 is 35.8 Å². The molecule has 1 unspecified atom stereocenters. The first-order valence-electron chi connectivity index (χ1n) is 20.0. The zero-order valence-electron chi connectivity index (χ0n) is 34.2. The Balaban J connectivity index is 0.913. The number of fused-ring (bicyclic) bond motifs is 1. The monoisotopic (exact) mass is 882 g/mol. The maximum absolute atomic E-state index is 14.0. The van der Waals surface area contributed by atoms with Crippen LogP contribution in [0.15, 0.2) is 79.5 Å². The Bertz CT molecular complexity index is 2560. The second-order valence-electron chi connectivity index (χ2n) is 14.8. The Hall–Kier alpha value is -7.84. The van der Waals surface area contributed by atoms with Gasteiger partial charge in [-0.05, 0) is 61.4 Å². The van der Waals surface area contributed by atoms with Crippen molar-refractivity contribution in [3.8, 4) is 5.75 Å². The van der Waals surface area contributed by atoms with Crippen LogP contribution in [0.4, 0.5) is 53.4 Å². The lowest BCUT2D eigenvalue weighted by Gasteiger charge is -2.36. The van der Waals surface area contributed by atoms with E-state index in [9.17, 15) is 46.7 Å². The summed E-state index contributed by atoms with van der Waals surface area (Å²) in [7, 11) is 1.43. The van der Waals surface area contributed by atoms with Gasteiger partial charge >= 0.3 is 6.18 Å². The number of ether oxygens (including phenoxy) is 1. The number of rotatable bonds is 14. The quantitative estimate of drug-likeness (QED) is 0.0834. The van der Waals surface area contributed by atoms with Crippen LogP contribution in [0, 0.1) is 0 Å². The molecule has 64 heavy (non-hydrogen) atoms. The van der Waals surface area contributed by atoms with E-state index in [4.69, 9.17) is 4.74 Å². The van der Waals surface area contributed by atoms with Crippen LogP contribution < -0.4 is 36.2 Å². The zero-order chi connectivity index (χ0) is 45.7. The number of piperazine rings is 1. The Kier molecular flexibility index (Phi) is 12.9. The maximum atomic E-state index is 14.0. The molecule has 21 heteroatoms. The van der Waals surface area contributed by atoms with Crippen LogP contribution in [0.5, 0.6) is 5.75 Å². The lowest BCUT2D eigenvalue weighted by Crippen LogP contribution is -2.54. The highest BCUT2D eigenvalue weighted by molar-refractivity contribution is 6.26. The van der Waals surface area contributed by atoms with Gasteiger partial charge in [0.05, 0.1) is 29.6 Å². The molecule has 5 N–H and O–H groups in total. The third-order valence-electron chi connectivity index (χ3n) is 10.6. The van der Waals surface area contributed by atoms with Crippen LogP contribution in [0.1, 0.15) is 58.4 Å². The summed E-state index contributed by atoms with van der Waals surface area (Å²) in [5.41, 5.74) is 0.648. The fourth-order valence-corrected chi connectivity index (χ4v) is 7.45. The summed E-state index contributed by atoms with van der Waals surface area (Å²) in [5.74, 6) is -4.14. The van der Waals surface area contributed by atoms with Crippen molar-refractivity contribution in [1.82, 2.24) is 25.1 Å². The normalized spacial score (nSPS) is 16.2. The number of nitrogens with one attached hydrogen (secondary N) is 5. The van der Waals surface area contributed by atoms with Gasteiger partial charge in [-0.3, -0.25) is 43.8 Å². The van der Waals surface area contributed by atoms with Gasteiger partial charge in [0.25, 0.3) is 11.8 Å². The van der Waals surface area contributed by atoms with Crippen LogP contribution in [0.2, 0.25) is 0 Å². The lowest BCUT2D eigenvalue weighted by atomic mass is 10.0. The number of nitrogens with zero attached hydrogens (tertiary/aromatic N) is 5. The number of benzene rings is 3. The predicted octanol–water partition coefficient (Wildman–Crippen LogP) is 4.97. The topological polar surface area (TPSA) is 224 Å². The fraction of sp³-hybridized carbons (Fsp3) is 0.279. The van der Waals surface area contributed by atoms with Gasteiger partial charge in [0.2, 0.25) is 35.5 Å². The number of anilines is 7. The predicted molar refractivity (Wildman–Crippen MR) is 226 cm³/mol. The van der Waals surface area contributed by atoms with E-state index < -0.39 is 59.0 Å². The Morgan fingerprint density at radius 3 is 2.38 bits per heavy atom. The standard InChI is InChI=1S/C43H41F3N10O8/c1-3-33(57)48-24-7-4-8-25(21-24)49-38-28(43(44,45)46)23-47-42(53-38)51-29-14-13-26(22-32(29)64-2)54-17-19-55(20-18-54)36(60)12-6-11-34(58)50-30-10-5-9-27-37(30)41(63)56(40(27)62)31-15-16-35(59)52-39(31)61/h3-5,7-10,13-14,21-23,31H,1,6,11-12,15-20H2,2H3,(H,48,57)(H,50,58)(H,52,59,61)(H2,47,49,51,53). The van der Waals surface area contributed by atoms with Crippen molar-refractivity contribution >= 4 is 81.6 Å². The van der Waals surface area contributed by atoms with E-state index in [2.05, 4.69) is 43.1 Å². The molecular weight excluding hydrogens is 842 g/mol. The van der Waals surface area contributed by atoms with Crippen LogP contribution in [0.25, 0.3) is 0 Å². The minimum atomic E-state index is -4.79. The molecule has 0 aliphatic carbocycles. The number of alkyl halides is 3. The molecule has 332 valence electrons. The molecule has 1 atom stereocenters. The first kappa shape index (κ1) is 44.2. The van der Waals surface area contributed by atoms with E-state index in [1.807, 2.05) is 4.90 Å². The minimum absolute atomic E-state index is 0.00544. The average Bonchev–Trinajstić information content (AvgIpc) is 3.52. The second kappa shape index (κ2) is 18.6. The van der Waals surface area contributed by atoms with Crippen molar-refractivity contribution in [1.29, 1.82) is 0 Å². The summed E-state index contributed by atoms with van der Waals surface area (Å²) in [4.78, 5) is 101. The smallest absolute Gasteiger partial charge is 0.421 e. The highest BCUT2D eigenvalue weighted by atomic mass is 19.4. The van der Waals surface area contributed by atoms with Crippen molar-refractivity contribution in [3.05, 3.63) is 96.2 Å². The number of imide groups is 2. The highest BCUT2D eigenvalue weighted by Gasteiger charge is 2.46. The molecule has 0 radical (unpaired) electrons. The van der Waals surface area contributed by atoms with E-state index in [1.165, 1.54) is 37.4 Å². The number of hydrogen-bond donors (Lipinski definition) is 5. The van der Waals surface area contributed by atoms with Crippen molar-refractivity contribution in [2.45, 2.75) is 44.3 Å².